The first-order valence-electron chi connectivity index (χ1n) is 6.46. The first kappa shape index (κ1) is 13.2. The summed E-state index contributed by atoms with van der Waals surface area (Å²) in [6.07, 6.45) is 0. The minimum atomic E-state index is -0.519. The second-order valence-electron chi connectivity index (χ2n) is 4.86. The largest absolute Gasteiger partial charge is 0.465 e. The van der Waals surface area contributed by atoms with E-state index in [1.165, 1.54) is 19.2 Å². The van der Waals surface area contributed by atoms with Gasteiger partial charge in [-0.25, -0.2) is 4.79 Å². The van der Waals surface area contributed by atoms with Crippen molar-refractivity contribution in [3.63, 3.8) is 0 Å². The second-order valence-corrected chi connectivity index (χ2v) is 4.86. The van der Waals surface area contributed by atoms with Crippen LogP contribution in [-0.2, 0) is 4.74 Å². The van der Waals surface area contributed by atoms with Crippen molar-refractivity contribution in [3.8, 4) is 0 Å². The lowest BCUT2D eigenvalue weighted by Gasteiger charge is -2.20. The molecule has 3 rings (SSSR count). The van der Waals surface area contributed by atoms with Gasteiger partial charge >= 0.3 is 5.97 Å². The highest BCUT2D eigenvalue weighted by molar-refractivity contribution is 6.29. The number of carbonyl (C=O) groups excluding carboxylic acids is 3. The van der Waals surface area contributed by atoms with Crippen LogP contribution < -0.4 is 0 Å². The van der Waals surface area contributed by atoms with Crippen molar-refractivity contribution in [2.45, 2.75) is 6.92 Å². The van der Waals surface area contributed by atoms with Crippen LogP contribution >= 0.6 is 0 Å². The third-order valence-electron chi connectivity index (χ3n) is 3.76. The molecule has 1 aliphatic carbocycles. The van der Waals surface area contributed by atoms with Gasteiger partial charge in [0, 0.05) is 22.3 Å². The van der Waals surface area contributed by atoms with Crippen molar-refractivity contribution in [1.82, 2.24) is 0 Å². The van der Waals surface area contributed by atoms with E-state index >= 15 is 0 Å². The summed E-state index contributed by atoms with van der Waals surface area (Å²) >= 11 is 0. The summed E-state index contributed by atoms with van der Waals surface area (Å²) < 4.78 is 4.70. The normalized spacial score (nSPS) is 12.7. The molecule has 0 saturated heterocycles. The molecule has 0 unspecified atom stereocenters. The maximum Gasteiger partial charge on any atom is 0.338 e. The Morgan fingerprint density at radius 1 is 0.905 bits per heavy atom. The molecule has 0 spiro atoms. The molecule has 2 aromatic carbocycles. The van der Waals surface area contributed by atoms with Crippen LogP contribution in [0.3, 0.4) is 0 Å². The molecule has 104 valence electrons. The standard InChI is InChI=1S/C17H12O4/c1-9-10(17(20)21-2)7-8-13-14(9)16(19)12-6-4-3-5-11(12)15(13)18/h3-8H,1-2H3. The first-order chi connectivity index (χ1) is 10.1. The van der Waals surface area contributed by atoms with E-state index in [2.05, 4.69) is 0 Å². The van der Waals surface area contributed by atoms with Gasteiger partial charge in [0.1, 0.15) is 0 Å². The SMILES string of the molecule is COC(=O)c1ccc2c(c1C)C(=O)c1ccccc1C2=O. The molecule has 0 amide bonds. The van der Waals surface area contributed by atoms with Gasteiger partial charge in [0.25, 0.3) is 0 Å². The molecule has 0 N–H and O–H groups in total. The number of carbonyl (C=O) groups is 3. The Morgan fingerprint density at radius 2 is 1.52 bits per heavy atom. The third kappa shape index (κ3) is 1.80. The van der Waals surface area contributed by atoms with Gasteiger partial charge in [-0.2, -0.15) is 0 Å². The Kier molecular flexibility index (Phi) is 2.94. The maximum absolute atomic E-state index is 12.6. The van der Waals surface area contributed by atoms with Crippen LogP contribution in [-0.4, -0.2) is 24.6 Å². The van der Waals surface area contributed by atoms with Crippen LogP contribution in [0.15, 0.2) is 36.4 Å². The number of fused-ring (bicyclic) bond motifs is 2. The van der Waals surface area contributed by atoms with Crippen LogP contribution in [0.1, 0.15) is 47.8 Å². The topological polar surface area (TPSA) is 60.4 Å². The number of hydrogen-bond donors (Lipinski definition) is 0. The quantitative estimate of drug-likeness (QED) is 0.643. The van der Waals surface area contributed by atoms with Crippen LogP contribution in [0, 0.1) is 6.92 Å². The Labute approximate surface area is 121 Å². The zero-order valence-corrected chi connectivity index (χ0v) is 11.6. The third-order valence-corrected chi connectivity index (χ3v) is 3.76. The highest BCUT2D eigenvalue weighted by Crippen LogP contribution is 2.30. The van der Waals surface area contributed by atoms with Gasteiger partial charge in [-0.05, 0) is 24.6 Å². The van der Waals surface area contributed by atoms with Crippen molar-refractivity contribution in [2.24, 2.45) is 0 Å². The lowest BCUT2D eigenvalue weighted by molar-refractivity contribution is 0.0599. The van der Waals surface area contributed by atoms with Crippen molar-refractivity contribution in [1.29, 1.82) is 0 Å². The molecular weight excluding hydrogens is 268 g/mol. The van der Waals surface area contributed by atoms with E-state index in [4.69, 9.17) is 4.74 Å². The summed E-state index contributed by atoms with van der Waals surface area (Å²) in [6.45, 7) is 1.66. The van der Waals surface area contributed by atoms with Crippen molar-refractivity contribution in [2.75, 3.05) is 7.11 Å². The first-order valence-corrected chi connectivity index (χ1v) is 6.46. The average Bonchev–Trinajstić information content (AvgIpc) is 2.51. The number of benzene rings is 2. The molecule has 0 aromatic heterocycles. The summed E-state index contributed by atoms with van der Waals surface area (Å²) in [5.41, 5.74) is 2.19. The Bertz CT molecular complexity index is 802. The molecule has 0 aliphatic heterocycles. The van der Waals surface area contributed by atoms with Gasteiger partial charge in [0.05, 0.1) is 12.7 Å². The zero-order valence-electron chi connectivity index (χ0n) is 11.6. The molecule has 0 radical (unpaired) electrons. The smallest absolute Gasteiger partial charge is 0.338 e. The van der Waals surface area contributed by atoms with Gasteiger partial charge in [-0.1, -0.05) is 24.3 Å². The van der Waals surface area contributed by atoms with Crippen LogP contribution in [0.25, 0.3) is 0 Å². The maximum atomic E-state index is 12.6. The summed E-state index contributed by atoms with van der Waals surface area (Å²) in [5, 5.41) is 0. The summed E-state index contributed by atoms with van der Waals surface area (Å²) in [5.74, 6) is -0.947. The summed E-state index contributed by atoms with van der Waals surface area (Å²) in [4.78, 5) is 36.9. The van der Waals surface area contributed by atoms with Crippen molar-refractivity contribution < 1.29 is 19.1 Å². The predicted octanol–water partition coefficient (Wildman–Crippen LogP) is 2.56. The fraction of sp³-hybridized carbons (Fsp3) is 0.118. The predicted molar refractivity (Wildman–Crippen MR) is 75.8 cm³/mol. The van der Waals surface area contributed by atoms with Crippen molar-refractivity contribution in [3.05, 3.63) is 69.8 Å². The average molecular weight is 280 g/mol. The minimum absolute atomic E-state index is 0.195. The van der Waals surface area contributed by atoms with Crippen LogP contribution in [0.2, 0.25) is 0 Å². The van der Waals surface area contributed by atoms with E-state index in [0.29, 0.717) is 33.4 Å². The highest BCUT2D eigenvalue weighted by atomic mass is 16.5. The number of hydrogen-bond acceptors (Lipinski definition) is 4. The molecule has 2 aromatic rings. The number of methoxy groups -OCH3 is 1. The molecular formula is C17H12O4. The Morgan fingerprint density at radius 3 is 2.14 bits per heavy atom. The Hall–Kier alpha value is -2.75. The lowest BCUT2D eigenvalue weighted by Crippen LogP contribution is -2.23. The van der Waals surface area contributed by atoms with Gasteiger partial charge in [-0.3, -0.25) is 9.59 Å². The highest BCUT2D eigenvalue weighted by Gasteiger charge is 2.32. The molecule has 0 bridgehead atoms. The van der Waals surface area contributed by atoms with Gasteiger partial charge in [-0.15, -0.1) is 0 Å². The number of ketones is 2. The second kappa shape index (κ2) is 4.66. The fourth-order valence-electron chi connectivity index (χ4n) is 2.68. The molecule has 4 heteroatoms. The minimum Gasteiger partial charge on any atom is -0.465 e. The van der Waals surface area contributed by atoms with E-state index in [1.807, 2.05) is 0 Å². The van der Waals surface area contributed by atoms with E-state index in [0.717, 1.165) is 0 Å². The zero-order chi connectivity index (χ0) is 15.1. The van der Waals surface area contributed by atoms with E-state index in [9.17, 15) is 14.4 Å². The number of rotatable bonds is 1. The van der Waals surface area contributed by atoms with E-state index < -0.39 is 5.97 Å². The molecule has 0 fully saturated rings. The van der Waals surface area contributed by atoms with Gasteiger partial charge < -0.3 is 4.74 Å². The fourth-order valence-corrected chi connectivity index (χ4v) is 2.68. The monoisotopic (exact) mass is 280 g/mol. The molecule has 0 saturated carbocycles. The van der Waals surface area contributed by atoms with Gasteiger partial charge in [0.15, 0.2) is 11.6 Å². The molecule has 0 heterocycles. The lowest BCUT2D eigenvalue weighted by atomic mass is 9.81. The summed E-state index contributed by atoms with van der Waals surface area (Å²) in [7, 11) is 1.28. The van der Waals surface area contributed by atoms with E-state index in [1.54, 1.807) is 31.2 Å². The van der Waals surface area contributed by atoms with Crippen LogP contribution in [0.5, 0.6) is 0 Å². The number of esters is 1. The van der Waals surface area contributed by atoms with Crippen molar-refractivity contribution >= 4 is 17.5 Å². The number of ether oxygens (including phenoxy) is 1. The molecule has 0 atom stereocenters. The van der Waals surface area contributed by atoms with Crippen LogP contribution in [0.4, 0.5) is 0 Å². The van der Waals surface area contributed by atoms with E-state index in [-0.39, 0.29) is 11.6 Å². The molecule has 4 nitrogen and oxygen atoms in total. The molecule has 21 heavy (non-hydrogen) atoms. The molecule has 1 aliphatic rings. The van der Waals surface area contributed by atoms with Gasteiger partial charge in [0.2, 0.25) is 0 Å². The summed E-state index contributed by atoms with van der Waals surface area (Å²) in [6, 6.07) is 9.76. The Balaban J connectivity index is 2.29.